The average molecular weight is 301 g/mol. The van der Waals surface area contributed by atoms with Crippen molar-refractivity contribution in [2.75, 3.05) is 20.3 Å². The monoisotopic (exact) mass is 300 g/mol. The molecular formula is C14H21ClO3Si. The zero-order valence-electron chi connectivity index (χ0n) is 11.5. The van der Waals surface area contributed by atoms with Gasteiger partial charge in [-0.2, -0.15) is 0 Å². The van der Waals surface area contributed by atoms with Crippen LogP contribution < -0.4 is 0 Å². The predicted octanol–water partition coefficient (Wildman–Crippen LogP) is 3.24. The summed E-state index contributed by atoms with van der Waals surface area (Å²) >= 11 is 5.78. The number of hydrogen-bond donors (Lipinski definition) is 0. The van der Waals surface area contributed by atoms with Gasteiger partial charge in [-0.3, -0.25) is 0 Å². The van der Waals surface area contributed by atoms with E-state index in [1.807, 2.05) is 0 Å². The van der Waals surface area contributed by atoms with E-state index in [4.69, 9.17) is 24.9 Å². The van der Waals surface area contributed by atoms with Gasteiger partial charge in [-0.15, -0.1) is 11.6 Å². The Morgan fingerprint density at radius 1 is 1.21 bits per heavy atom. The molecule has 0 N–H and O–H groups in total. The molecule has 1 aromatic rings. The van der Waals surface area contributed by atoms with Crippen LogP contribution in [0.1, 0.15) is 18.1 Å². The highest BCUT2D eigenvalue weighted by Crippen LogP contribution is 2.24. The smallest absolute Gasteiger partial charge is 0.377 e. The first-order valence-corrected chi connectivity index (χ1v) is 9.11. The third kappa shape index (κ3) is 4.03. The molecule has 1 saturated heterocycles. The van der Waals surface area contributed by atoms with Crippen molar-refractivity contribution in [3.05, 3.63) is 35.4 Å². The van der Waals surface area contributed by atoms with E-state index in [0.717, 1.165) is 31.2 Å². The van der Waals surface area contributed by atoms with Crippen molar-refractivity contribution in [1.29, 1.82) is 0 Å². The Morgan fingerprint density at radius 2 is 1.79 bits per heavy atom. The Bertz CT molecular complexity index is 388. The normalized spacial score (nSPS) is 27.4. The molecule has 1 fully saturated rings. The second-order valence-corrected chi connectivity index (χ2v) is 8.18. The van der Waals surface area contributed by atoms with Gasteiger partial charge in [0.1, 0.15) is 0 Å². The third-order valence-corrected chi connectivity index (χ3v) is 6.39. The molecule has 0 bridgehead atoms. The fourth-order valence-electron chi connectivity index (χ4n) is 2.08. The largest absolute Gasteiger partial charge is 0.501 e. The van der Waals surface area contributed by atoms with Crippen LogP contribution in [0.5, 0.6) is 0 Å². The molecule has 19 heavy (non-hydrogen) atoms. The highest BCUT2D eigenvalue weighted by molar-refractivity contribution is 6.60. The van der Waals surface area contributed by atoms with Crippen LogP contribution in [0, 0.1) is 5.92 Å². The molecule has 1 aromatic carbocycles. The molecule has 1 aliphatic rings. The first-order chi connectivity index (χ1) is 9.17. The summed E-state index contributed by atoms with van der Waals surface area (Å²) in [6.45, 7) is 3.61. The molecule has 5 heteroatoms. The molecule has 0 atom stereocenters. The zero-order chi connectivity index (χ0) is 13.7. The van der Waals surface area contributed by atoms with Gasteiger partial charge >= 0.3 is 8.80 Å². The minimum absolute atomic E-state index is 0.457. The standard InChI is InChI=1S/C14H21ClO3Si/c1-12-10-17-19(16-2,18-11-12)8-7-13-3-5-14(9-15)6-4-13/h3-6,12H,7-11H2,1-2H3. The van der Waals surface area contributed by atoms with Crippen LogP contribution in [0.4, 0.5) is 0 Å². The van der Waals surface area contributed by atoms with Crippen molar-refractivity contribution in [2.45, 2.75) is 25.3 Å². The van der Waals surface area contributed by atoms with Gasteiger partial charge in [0.2, 0.25) is 0 Å². The Labute approximate surface area is 121 Å². The summed E-state index contributed by atoms with van der Waals surface area (Å²) < 4.78 is 17.3. The van der Waals surface area contributed by atoms with Gasteiger partial charge in [-0.05, 0) is 17.5 Å². The maximum Gasteiger partial charge on any atom is 0.501 e. The molecule has 1 aliphatic heterocycles. The maximum absolute atomic E-state index is 5.87. The van der Waals surface area contributed by atoms with Crippen LogP contribution in [0.3, 0.4) is 0 Å². The summed E-state index contributed by atoms with van der Waals surface area (Å²) in [7, 11) is -0.736. The van der Waals surface area contributed by atoms with Gasteiger partial charge < -0.3 is 13.3 Å². The maximum atomic E-state index is 5.87. The van der Waals surface area contributed by atoms with Crippen LogP contribution >= 0.6 is 11.6 Å². The SMILES string of the molecule is CO[Si]1(CCc2ccc(CCl)cc2)OCC(C)CO1. The highest BCUT2D eigenvalue weighted by atomic mass is 35.5. The molecule has 2 rings (SSSR count). The Balaban J connectivity index is 1.91. The van der Waals surface area contributed by atoms with Crippen LogP contribution in [-0.4, -0.2) is 29.1 Å². The molecular weight excluding hydrogens is 280 g/mol. The lowest BCUT2D eigenvalue weighted by atomic mass is 10.1. The number of rotatable bonds is 5. The molecule has 3 nitrogen and oxygen atoms in total. The first kappa shape index (κ1) is 15.0. The van der Waals surface area contributed by atoms with Gasteiger partial charge in [0.25, 0.3) is 0 Å². The zero-order valence-corrected chi connectivity index (χ0v) is 13.3. The lowest BCUT2D eigenvalue weighted by molar-refractivity contribution is 0.00623. The van der Waals surface area contributed by atoms with E-state index >= 15 is 0 Å². The summed E-state index contributed by atoms with van der Waals surface area (Å²) in [5.41, 5.74) is 2.41. The summed E-state index contributed by atoms with van der Waals surface area (Å²) in [5.74, 6) is 1.01. The third-order valence-electron chi connectivity index (χ3n) is 3.38. The van der Waals surface area contributed by atoms with Crippen LogP contribution in [0.2, 0.25) is 6.04 Å². The van der Waals surface area contributed by atoms with E-state index in [-0.39, 0.29) is 0 Å². The van der Waals surface area contributed by atoms with Crippen molar-refractivity contribution in [3.63, 3.8) is 0 Å². The topological polar surface area (TPSA) is 27.7 Å². The highest BCUT2D eigenvalue weighted by Gasteiger charge is 2.43. The minimum Gasteiger partial charge on any atom is -0.377 e. The quantitative estimate of drug-likeness (QED) is 0.617. The summed E-state index contributed by atoms with van der Waals surface area (Å²) in [6.07, 6.45) is 0.914. The molecule has 0 spiro atoms. The van der Waals surface area contributed by atoms with E-state index in [1.165, 1.54) is 5.56 Å². The lowest BCUT2D eigenvalue weighted by Gasteiger charge is -2.34. The molecule has 0 aliphatic carbocycles. The Hall–Kier alpha value is -0.393. The van der Waals surface area contributed by atoms with Gasteiger partial charge in [-0.1, -0.05) is 31.2 Å². The van der Waals surface area contributed by atoms with Crippen LogP contribution in [0.15, 0.2) is 24.3 Å². The number of aryl methyl sites for hydroxylation is 1. The van der Waals surface area contributed by atoms with Gasteiger partial charge in [0.15, 0.2) is 0 Å². The van der Waals surface area contributed by atoms with Crippen molar-refractivity contribution in [2.24, 2.45) is 5.92 Å². The number of hydrogen-bond acceptors (Lipinski definition) is 3. The molecule has 0 saturated carbocycles. The average Bonchev–Trinajstić information content (AvgIpc) is 2.48. The van der Waals surface area contributed by atoms with Crippen molar-refractivity contribution >= 4 is 20.4 Å². The van der Waals surface area contributed by atoms with Gasteiger partial charge in [-0.25, -0.2) is 0 Å². The lowest BCUT2D eigenvalue weighted by Crippen LogP contribution is -2.50. The summed E-state index contributed by atoms with van der Waals surface area (Å²) in [5, 5.41) is 0. The van der Waals surface area contributed by atoms with Crippen LogP contribution in [-0.2, 0) is 25.6 Å². The molecule has 1 heterocycles. The fraction of sp³-hybridized carbons (Fsp3) is 0.571. The molecule has 0 radical (unpaired) electrons. The number of halogens is 1. The van der Waals surface area contributed by atoms with E-state index in [2.05, 4.69) is 31.2 Å². The summed E-state index contributed by atoms with van der Waals surface area (Å²) in [4.78, 5) is 0. The van der Waals surface area contributed by atoms with Crippen molar-refractivity contribution in [1.82, 2.24) is 0 Å². The first-order valence-electron chi connectivity index (χ1n) is 6.64. The van der Waals surface area contributed by atoms with Gasteiger partial charge in [0.05, 0.1) is 0 Å². The number of alkyl halides is 1. The predicted molar refractivity (Wildman–Crippen MR) is 78.3 cm³/mol. The van der Waals surface area contributed by atoms with Crippen molar-refractivity contribution in [3.8, 4) is 0 Å². The van der Waals surface area contributed by atoms with Crippen molar-refractivity contribution < 1.29 is 13.3 Å². The molecule has 106 valence electrons. The van der Waals surface area contributed by atoms with Gasteiger partial charge in [0, 0.05) is 38.2 Å². The number of benzene rings is 1. The molecule has 0 aromatic heterocycles. The summed E-state index contributed by atoms with van der Waals surface area (Å²) in [6, 6.07) is 9.18. The van der Waals surface area contributed by atoms with E-state index < -0.39 is 8.80 Å². The van der Waals surface area contributed by atoms with Crippen LogP contribution in [0.25, 0.3) is 0 Å². The van der Waals surface area contributed by atoms with E-state index in [0.29, 0.717) is 11.8 Å². The second-order valence-electron chi connectivity index (χ2n) is 5.06. The Morgan fingerprint density at radius 3 is 2.32 bits per heavy atom. The minimum atomic E-state index is -2.43. The fourth-order valence-corrected chi connectivity index (χ4v) is 4.75. The second kappa shape index (κ2) is 6.86. The molecule has 0 amide bonds. The molecule has 0 unspecified atom stereocenters. The van der Waals surface area contributed by atoms with E-state index in [9.17, 15) is 0 Å². The van der Waals surface area contributed by atoms with E-state index in [1.54, 1.807) is 7.11 Å². The Kier molecular flexibility index (Phi) is 5.42.